The third kappa shape index (κ3) is 2.45. The zero-order valence-corrected chi connectivity index (χ0v) is 8.60. The molecule has 72 valence electrons. The number of hydrogen-bond acceptors (Lipinski definition) is 3. The zero-order valence-electron chi connectivity index (χ0n) is 7.78. The van der Waals surface area contributed by atoms with E-state index in [9.17, 15) is 8.42 Å². The predicted molar refractivity (Wildman–Crippen MR) is 49.7 cm³/mol. The molecule has 0 aliphatic carbocycles. The lowest BCUT2D eigenvalue weighted by atomic mass is 10.1. The Kier molecular flexibility index (Phi) is 3.12. The molecule has 0 spiro atoms. The average molecular weight is 191 g/mol. The highest BCUT2D eigenvalue weighted by Gasteiger charge is 2.23. The Balaban J connectivity index is 2.57. The third-order valence-electron chi connectivity index (χ3n) is 2.52. The van der Waals surface area contributed by atoms with Crippen LogP contribution in [0.5, 0.6) is 0 Å². The summed E-state index contributed by atoms with van der Waals surface area (Å²) in [6.07, 6.45) is 4.83. The molecule has 0 radical (unpaired) electrons. The van der Waals surface area contributed by atoms with Crippen molar-refractivity contribution in [3.63, 3.8) is 0 Å². The van der Waals surface area contributed by atoms with Gasteiger partial charge in [-0.05, 0) is 32.9 Å². The van der Waals surface area contributed by atoms with Crippen LogP contribution in [0.4, 0.5) is 0 Å². The first kappa shape index (κ1) is 9.99. The second kappa shape index (κ2) is 3.75. The summed E-state index contributed by atoms with van der Waals surface area (Å²) in [6, 6.07) is 0. The molecular formula is C8H17NO2S. The highest BCUT2D eigenvalue weighted by molar-refractivity contribution is 7.91. The standard InChI is InChI=1S/C8H17NO2S/c1-8(12(2,10)11)9-6-4-3-5-7-9/h8H,3-7H2,1-2H3. The molecule has 1 aliphatic heterocycles. The Labute approximate surface area is 74.7 Å². The van der Waals surface area contributed by atoms with Gasteiger partial charge in [0.1, 0.15) is 5.37 Å². The summed E-state index contributed by atoms with van der Waals surface area (Å²) >= 11 is 0. The fourth-order valence-electron chi connectivity index (χ4n) is 1.55. The van der Waals surface area contributed by atoms with Gasteiger partial charge in [0.25, 0.3) is 0 Å². The molecule has 12 heavy (non-hydrogen) atoms. The van der Waals surface area contributed by atoms with E-state index in [1.54, 1.807) is 6.92 Å². The zero-order chi connectivity index (χ0) is 9.19. The van der Waals surface area contributed by atoms with Crippen molar-refractivity contribution in [1.29, 1.82) is 0 Å². The van der Waals surface area contributed by atoms with E-state index in [0.29, 0.717) is 0 Å². The molecule has 1 fully saturated rings. The average Bonchev–Trinajstić information content (AvgIpc) is 2.03. The van der Waals surface area contributed by atoms with Crippen molar-refractivity contribution >= 4 is 9.84 Å². The van der Waals surface area contributed by atoms with Crippen molar-refractivity contribution in [2.75, 3.05) is 19.3 Å². The van der Waals surface area contributed by atoms with E-state index in [0.717, 1.165) is 25.9 Å². The minimum atomic E-state index is -2.88. The summed E-state index contributed by atoms with van der Waals surface area (Å²) in [5.41, 5.74) is 0. The van der Waals surface area contributed by atoms with Crippen LogP contribution < -0.4 is 0 Å². The summed E-state index contributed by atoms with van der Waals surface area (Å²) in [6.45, 7) is 3.66. The molecule has 0 bridgehead atoms. The van der Waals surface area contributed by atoms with Crippen LogP contribution in [0.2, 0.25) is 0 Å². The molecular weight excluding hydrogens is 174 g/mol. The maximum atomic E-state index is 11.2. The van der Waals surface area contributed by atoms with Crippen molar-refractivity contribution < 1.29 is 8.42 Å². The topological polar surface area (TPSA) is 37.4 Å². The van der Waals surface area contributed by atoms with Crippen LogP contribution in [-0.2, 0) is 9.84 Å². The maximum Gasteiger partial charge on any atom is 0.163 e. The fourth-order valence-corrected chi connectivity index (χ4v) is 2.31. The number of sulfone groups is 1. The minimum Gasteiger partial charge on any atom is -0.288 e. The lowest BCUT2D eigenvalue weighted by Crippen LogP contribution is -2.41. The van der Waals surface area contributed by atoms with Crippen molar-refractivity contribution in [2.45, 2.75) is 31.6 Å². The molecule has 1 atom stereocenters. The van der Waals surface area contributed by atoms with Gasteiger partial charge in [0.2, 0.25) is 0 Å². The Hall–Kier alpha value is -0.0900. The van der Waals surface area contributed by atoms with Crippen LogP contribution in [0.15, 0.2) is 0 Å². The van der Waals surface area contributed by atoms with Crippen LogP contribution in [-0.4, -0.2) is 38.0 Å². The van der Waals surface area contributed by atoms with Crippen LogP contribution in [0.3, 0.4) is 0 Å². The van der Waals surface area contributed by atoms with Gasteiger partial charge in [-0.15, -0.1) is 0 Å². The monoisotopic (exact) mass is 191 g/mol. The van der Waals surface area contributed by atoms with E-state index in [1.165, 1.54) is 12.7 Å². The SMILES string of the molecule is CC(N1CCCCC1)S(C)(=O)=O. The van der Waals surface area contributed by atoms with Crippen LogP contribution in [0.25, 0.3) is 0 Å². The van der Waals surface area contributed by atoms with Gasteiger partial charge in [0.15, 0.2) is 9.84 Å². The molecule has 0 aromatic carbocycles. The number of piperidine rings is 1. The Bertz CT molecular complexity index is 229. The highest BCUT2D eigenvalue weighted by Crippen LogP contribution is 2.14. The summed E-state index contributed by atoms with van der Waals surface area (Å²) in [5.74, 6) is 0. The Morgan fingerprint density at radius 3 is 2.08 bits per heavy atom. The molecule has 0 aromatic heterocycles. The van der Waals surface area contributed by atoms with Gasteiger partial charge in [-0.3, -0.25) is 4.90 Å². The largest absolute Gasteiger partial charge is 0.288 e. The summed E-state index contributed by atoms with van der Waals surface area (Å²) < 4.78 is 22.4. The summed E-state index contributed by atoms with van der Waals surface area (Å²) in [7, 11) is -2.88. The molecule has 1 unspecified atom stereocenters. The Morgan fingerprint density at radius 1 is 1.17 bits per heavy atom. The van der Waals surface area contributed by atoms with E-state index in [1.807, 2.05) is 0 Å². The predicted octanol–water partition coefficient (Wildman–Crippen LogP) is 0.863. The van der Waals surface area contributed by atoms with Crippen LogP contribution in [0.1, 0.15) is 26.2 Å². The molecule has 1 rings (SSSR count). The molecule has 3 nitrogen and oxygen atoms in total. The van der Waals surface area contributed by atoms with Gasteiger partial charge in [-0.2, -0.15) is 0 Å². The van der Waals surface area contributed by atoms with E-state index in [-0.39, 0.29) is 5.37 Å². The molecule has 1 heterocycles. The number of likely N-dealkylation sites (tertiary alicyclic amines) is 1. The summed E-state index contributed by atoms with van der Waals surface area (Å²) in [5, 5.41) is -0.294. The van der Waals surface area contributed by atoms with Gasteiger partial charge < -0.3 is 0 Å². The van der Waals surface area contributed by atoms with Gasteiger partial charge >= 0.3 is 0 Å². The van der Waals surface area contributed by atoms with Crippen molar-refractivity contribution in [2.24, 2.45) is 0 Å². The van der Waals surface area contributed by atoms with Gasteiger partial charge in [0, 0.05) is 6.26 Å². The number of hydrogen-bond donors (Lipinski definition) is 0. The molecule has 0 N–H and O–H groups in total. The molecule has 1 saturated heterocycles. The van der Waals surface area contributed by atoms with Crippen molar-refractivity contribution in [3.05, 3.63) is 0 Å². The quantitative estimate of drug-likeness (QED) is 0.650. The molecule has 0 aromatic rings. The summed E-state index contributed by atoms with van der Waals surface area (Å²) in [4.78, 5) is 2.05. The van der Waals surface area contributed by atoms with Crippen molar-refractivity contribution in [3.8, 4) is 0 Å². The van der Waals surface area contributed by atoms with Crippen LogP contribution in [0, 0.1) is 0 Å². The lowest BCUT2D eigenvalue weighted by Gasteiger charge is -2.30. The highest BCUT2D eigenvalue weighted by atomic mass is 32.2. The molecule has 1 aliphatic rings. The van der Waals surface area contributed by atoms with Gasteiger partial charge in [0.05, 0.1) is 0 Å². The number of nitrogens with zero attached hydrogens (tertiary/aromatic N) is 1. The molecule has 4 heteroatoms. The first-order chi connectivity index (χ1) is 5.52. The van der Waals surface area contributed by atoms with E-state index >= 15 is 0 Å². The number of rotatable bonds is 2. The normalized spacial score (nSPS) is 23.8. The van der Waals surface area contributed by atoms with Gasteiger partial charge in [-0.1, -0.05) is 6.42 Å². The minimum absolute atomic E-state index is 0.294. The molecule has 0 saturated carbocycles. The van der Waals surface area contributed by atoms with E-state index in [4.69, 9.17) is 0 Å². The second-order valence-electron chi connectivity index (χ2n) is 3.53. The van der Waals surface area contributed by atoms with E-state index < -0.39 is 9.84 Å². The van der Waals surface area contributed by atoms with Crippen molar-refractivity contribution in [1.82, 2.24) is 4.90 Å². The van der Waals surface area contributed by atoms with Crippen LogP contribution >= 0.6 is 0 Å². The molecule has 0 amide bonds. The van der Waals surface area contributed by atoms with Gasteiger partial charge in [-0.25, -0.2) is 8.42 Å². The smallest absolute Gasteiger partial charge is 0.163 e. The fraction of sp³-hybridized carbons (Fsp3) is 1.00. The lowest BCUT2D eigenvalue weighted by molar-refractivity contribution is 0.216. The maximum absolute atomic E-state index is 11.2. The Morgan fingerprint density at radius 2 is 1.67 bits per heavy atom. The first-order valence-electron chi connectivity index (χ1n) is 4.45. The third-order valence-corrected chi connectivity index (χ3v) is 4.06. The first-order valence-corrected chi connectivity index (χ1v) is 6.40. The van der Waals surface area contributed by atoms with E-state index in [2.05, 4.69) is 4.90 Å². The second-order valence-corrected chi connectivity index (χ2v) is 5.87.